The number of hydrogen-bond donors (Lipinski definition) is 1. The normalized spacial score (nSPS) is 28.0. The molecule has 1 saturated carbocycles. The Kier molecular flexibility index (Phi) is 4.58. The van der Waals surface area contributed by atoms with Gasteiger partial charge >= 0.3 is 0 Å². The molecule has 1 aliphatic heterocycles. The van der Waals surface area contributed by atoms with Crippen molar-refractivity contribution in [2.75, 3.05) is 20.2 Å². The van der Waals surface area contributed by atoms with E-state index in [-0.39, 0.29) is 11.9 Å². The Balaban J connectivity index is 1.52. The molecule has 1 amide bonds. The summed E-state index contributed by atoms with van der Waals surface area (Å²) in [6, 6.07) is 4.98. The standard InChI is InChI=1S/C18H21ClN4O3/c1-26-17-3-2-13(19)6-14(17)18(25)22-7-11-4-15(23-10-20-9-21-23)16(24)5-12(11)8-22/h2-3,6,9-12,15-16,24H,4-5,7-8H2,1H3/t11-,12+,15-,16-/m1/s1. The maximum absolute atomic E-state index is 13.0. The van der Waals surface area contributed by atoms with Gasteiger partial charge in [0.15, 0.2) is 0 Å². The third-order valence-corrected chi connectivity index (χ3v) is 5.80. The Morgan fingerprint density at radius 3 is 2.77 bits per heavy atom. The smallest absolute Gasteiger partial charge is 0.257 e. The van der Waals surface area contributed by atoms with Gasteiger partial charge in [0.05, 0.1) is 24.8 Å². The third kappa shape index (κ3) is 3.05. The van der Waals surface area contributed by atoms with E-state index in [9.17, 15) is 9.90 Å². The van der Waals surface area contributed by atoms with Crippen molar-refractivity contribution in [2.24, 2.45) is 11.8 Å². The molecule has 8 heteroatoms. The highest BCUT2D eigenvalue weighted by Gasteiger charge is 2.44. The van der Waals surface area contributed by atoms with E-state index >= 15 is 0 Å². The van der Waals surface area contributed by atoms with E-state index in [2.05, 4.69) is 10.1 Å². The largest absolute Gasteiger partial charge is 0.496 e. The highest BCUT2D eigenvalue weighted by molar-refractivity contribution is 6.31. The molecule has 4 rings (SSSR count). The number of rotatable bonds is 3. The number of nitrogens with zero attached hydrogens (tertiary/aromatic N) is 4. The Morgan fingerprint density at radius 2 is 2.08 bits per heavy atom. The fourth-order valence-electron chi connectivity index (χ4n) is 4.26. The number of aliphatic hydroxyl groups is 1. The van der Waals surface area contributed by atoms with E-state index in [4.69, 9.17) is 16.3 Å². The van der Waals surface area contributed by atoms with E-state index in [1.165, 1.54) is 6.33 Å². The molecule has 1 saturated heterocycles. The van der Waals surface area contributed by atoms with Crippen molar-refractivity contribution >= 4 is 17.5 Å². The number of likely N-dealkylation sites (tertiary alicyclic amines) is 1. The number of ether oxygens (including phenoxy) is 1. The number of amides is 1. The van der Waals surface area contributed by atoms with Crippen LogP contribution in [0.15, 0.2) is 30.9 Å². The first-order chi connectivity index (χ1) is 12.6. The van der Waals surface area contributed by atoms with Crippen LogP contribution < -0.4 is 4.74 Å². The molecule has 1 aliphatic carbocycles. The lowest BCUT2D eigenvalue weighted by atomic mass is 9.77. The average Bonchev–Trinajstić information content (AvgIpc) is 3.29. The molecule has 1 aromatic carbocycles. The van der Waals surface area contributed by atoms with Gasteiger partial charge in [-0.2, -0.15) is 5.10 Å². The SMILES string of the molecule is COc1ccc(Cl)cc1C(=O)N1C[C@H]2C[C@@H](n3cncn3)[C@H](O)C[C@H]2C1. The Morgan fingerprint density at radius 1 is 1.31 bits per heavy atom. The Bertz CT molecular complexity index is 798. The summed E-state index contributed by atoms with van der Waals surface area (Å²) < 4.78 is 7.05. The molecule has 2 fully saturated rings. The topological polar surface area (TPSA) is 80.5 Å². The van der Waals surface area contributed by atoms with Crippen LogP contribution in [0.4, 0.5) is 0 Å². The molecule has 7 nitrogen and oxygen atoms in total. The molecule has 2 aliphatic rings. The van der Waals surface area contributed by atoms with Crippen molar-refractivity contribution in [3.63, 3.8) is 0 Å². The third-order valence-electron chi connectivity index (χ3n) is 5.56. The van der Waals surface area contributed by atoms with E-state index in [1.807, 2.05) is 4.90 Å². The van der Waals surface area contributed by atoms with Gasteiger partial charge in [0.2, 0.25) is 0 Å². The van der Waals surface area contributed by atoms with Crippen LogP contribution >= 0.6 is 11.6 Å². The lowest BCUT2D eigenvalue weighted by Crippen LogP contribution is -2.36. The Labute approximate surface area is 156 Å². The second-order valence-electron chi connectivity index (χ2n) is 7.06. The number of hydrogen-bond acceptors (Lipinski definition) is 5. The van der Waals surface area contributed by atoms with Gasteiger partial charge in [-0.1, -0.05) is 11.6 Å². The van der Waals surface area contributed by atoms with Crippen LogP contribution in [0.5, 0.6) is 5.75 Å². The van der Waals surface area contributed by atoms with Crippen LogP contribution in [-0.4, -0.2) is 57.0 Å². The van der Waals surface area contributed by atoms with Crippen molar-refractivity contribution in [3.05, 3.63) is 41.4 Å². The van der Waals surface area contributed by atoms with Gasteiger partial charge in [0.1, 0.15) is 18.4 Å². The first-order valence-electron chi connectivity index (χ1n) is 8.71. The molecule has 0 unspecified atom stereocenters. The van der Waals surface area contributed by atoms with Crippen molar-refractivity contribution in [1.82, 2.24) is 19.7 Å². The van der Waals surface area contributed by atoms with Crippen LogP contribution in [0.3, 0.4) is 0 Å². The molecule has 0 spiro atoms. The van der Waals surface area contributed by atoms with Gasteiger partial charge in [0.25, 0.3) is 5.91 Å². The molecular formula is C18H21ClN4O3. The zero-order chi connectivity index (χ0) is 18.3. The maximum Gasteiger partial charge on any atom is 0.257 e. The van der Waals surface area contributed by atoms with Crippen LogP contribution in [-0.2, 0) is 0 Å². The van der Waals surface area contributed by atoms with Crippen molar-refractivity contribution in [2.45, 2.75) is 25.0 Å². The second-order valence-corrected chi connectivity index (χ2v) is 7.49. The van der Waals surface area contributed by atoms with E-state index in [1.54, 1.807) is 36.3 Å². The van der Waals surface area contributed by atoms with Crippen molar-refractivity contribution in [1.29, 1.82) is 0 Å². The number of fused-ring (bicyclic) bond motifs is 1. The second kappa shape index (κ2) is 6.89. The molecule has 1 N–H and O–H groups in total. The van der Waals surface area contributed by atoms with Gasteiger partial charge in [-0.05, 0) is 42.9 Å². The van der Waals surface area contributed by atoms with Crippen LogP contribution in [0.2, 0.25) is 5.02 Å². The van der Waals surface area contributed by atoms with Crippen LogP contribution in [0, 0.1) is 11.8 Å². The monoisotopic (exact) mass is 376 g/mol. The van der Waals surface area contributed by atoms with Gasteiger partial charge in [-0.3, -0.25) is 4.79 Å². The zero-order valence-corrected chi connectivity index (χ0v) is 15.2. The predicted octanol–water partition coefficient (Wildman–Crippen LogP) is 2.02. The number of carbonyl (C=O) groups excluding carboxylic acids is 1. The molecule has 1 aromatic heterocycles. The maximum atomic E-state index is 13.0. The number of halogens is 1. The minimum absolute atomic E-state index is 0.0782. The van der Waals surface area contributed by atoms with Crippen molar-refractivity contribution < 1.29 is 14.6 Å². The number of aromatic nitrogens is 3. The molecule has 2 aromatic rings. The summed E-state index contributed by atoms with van der Waals surface area (Å²) in [5, 5.41) is 15.2. The highest BCUT2D eigenvalue weighted by Crippen LogP contribution is 2.41. The highest BCUT2D eigenvalue weighted by atomic mass is 35.5. The molecule has 2 heterocycles. The first kappa shape index (κ1) is 17.3. The quantitative estimate of drug-likeness (QED) is 0.886. The van der Waals surface area contributed by atoms with E-state index < -0.39 is 6.10 Å². The fourth-order valence-corrected chi connectivity index (χ4v) is 4.44. The van der Waals surface area contributed by atoms with Gasteiger partial charge in [-0.15, -0.1) is 0 Å². The number of aliphatic hydroxyl groups excluding tert-OH is 1. The number of benzene rings is 1. The van der Waals surface area contributed by atoms with Gasteiger partial charge < -0.3 is 14.7 Å². The molecule has 4 atom stereocenters. The minimum Gasteiger partial charge on any atom is -0.496 e. The summed E-state index contributed by atoms with van der Waals surface area (Å²) in [5.74, 6) is 1.07. The summed E-state index contributed by atoms with van der Waals surface area (Å²) in [5.41, 5.74) is 0.479. The molecule has 26 heavy (non-hydrogen) atoms. The number of methoxy groups -OCH3 is 1. The molecular weight excluding hydrogens is 356 g/mol. The first-order valence-corrected chi connectivity index (χ1v) is 9.09. The van der Waals surface area contributed by atoms with Crippen LogP contribution in [0.1, 0.15) is 29.2 Å². The Hall–Kier alpha value is -2.12. The molecule has 138 valence electrons. The van der Waals surface area contributed by atoms with Crippen molar-refractivity contribution in [3.8, 4) is 5.75 Å². The van der Waals surface area contributed by atoms with Gasteiger partial charge in [-0.25, -0.2) is 9.67 Å². The minimum atomic E-state index is -0.478. The predicted molar refractivity (Wildman–Crippen MR) is 95.2 cm³/mol. The average molecular weight is 377 g/mol. The summed E-state index contributed by atoms with van der Waals surface area (Å²) in [7, 11) is 1.54. The van der Waals surface area contributed by atoms with E-state index in [0.29, 0.717) is 47.7 Å². The molecule has 0 bridgehead atoms. The van der Waals surface area contributed by atoms with Gasteiger partial charge in [0, 0.05) is 18.1 Å². The fraction of sp³-hybridized carbons (Fsp3) is 0.500. The number of carbonyl (C=O) groups is 1. The summed E-state index contributed by atoms with van der Waals surface area (Å²) in [6.45, 7) is 1.30. The zero-order valence-electron chi connectivity index (χ0n) is 14.5. The molecule has 0 radical (unpaired) electrons. The summed E-state index contributed by atoms with van der Waals surface area (Å²) in [6.07, 6.45) is 4.09. The van der Waals surface area contributed by atoms with E-state index in [0.717, 1.165) is 6.42 Å². The lowest BCUT2D eigenvalue weighted by Gasteiger charge is -2.34. The summed E-state index contributed by atoms with van der Waals surface area (Å²) in [4.78, 5) is 18.8. The lowest BCUT2D eigenvalue weighted by molar-refractivity contribution is 0.0304. The van der Waals surface area contributed by atoms with Crippen LogP contribution in [0.25, 0.3) is 0 Å². The summed E-state index contributed by atoms with van der Waals surface area (Å²) >= 11 is 6.07.